The van der Waals surface area contributed by atoms with E-state index in [0.29, 0.717) is 0 Å². The smallest absolute Gasteiger partial charge is 0.187 e. The van der Waals surface area contributed by atoms with Crippen molar-refractivity contribution in [1.82, 2.24) is 0 Å². The molecule has 0 spiro atoms. The second-order valence-electron chi connectivity index (χ2n) is 15.4. The summed E-state index contributed by atoms with van der Waals surface area (Å²) in [6.45, 7) is 1.01. The molecule has 3 aliphatic rings. The van der Waals surface area contributed by atoms with Crippen LogP contribution < -0.4 is 0 Å². The fourth-order valence-corrected chi connectivity index (χ4v) is 7.72. The van der Waals surface area contributed by atoms with Crippen LogP contribution in [0.3, 0.4) is 0 Å². The number of aliphatic hydroxyl groups excluding tert-OH is 6. The molecule has 4 aromatic rings. The van der Waals surface area contributed by atoms with Crippen molar-refractivity contribution in [3.8, 4) is 0 Å². The quantitative estimate of drug-likeness (QED) is 0.0851. The Labute approximate surface area is 354 Å². The minimum absolute atomic E-state index is 0.0290. The molecular formula is C46H56O15. The summed E-state index contributed by atoms with van der Waals surface area (Å²) in [7, 11) is 0. The third kappa shape index (κ3) is 11.5. The van der Waals surface area contributed by atoms with Gasteiger partial charge in [-0.25, -0.2) is 0 Å². The van der Waals surface area contributed by atoms with Crippen molar-refractivity contribution in [2.45, 2.75) is 125 Å². The van der Waals surface area contributed by atoms with Crippen LogP contribution >= 0.6 is 0 Å². The molecule has 9 unspecified atom stereocenters. The van der Waals surface area contributed by atoms with Crippen LogP contribution in [-0.2, 0) is 69.1 Å². The molecule has 61 heavy (non-hydrogen) atoms. The first kappa shape index (κ1) is 45.3. The highest BCUT2D eigenvalue weighted by Crippen LogP contribution is 2.36. The zero-order valence-electron chi connectivity index (χ0n) is 33.8. The molecule has 0 amide bonds. The van der Waals surface area contributed by atoms with Gasteiger partial charge < -0.3 is 73.3 Å². The van der Waals surface area contributed by atoms with E-state index in [1.807, 2.05) is 128 Å². The first-order chi connectivity index (χ1) is 29.7. The minimum atomic E-state index is -1.81. The largest absolute Gasteiger partial charge is 0.394 e. The highest BCUT2D eigenvalue weighted by molar-refractivity contribution is 5.16. The van der Waals surface area contributed by atoms with Crippen LogP contribution in [0, 0.1) is 0 Å². The van der Waals surface area contributed by atoms with Gasteiger partial charge in [0.25, 0.3) is 0 Å². The van der Waals surface area contributed by atoms with Crippen molar-refractivity contribution >= 4 is 0 Å². The summed E-state index contributed by atoms with van der Waals surface area (Å²) >= 11 is 0. The van der Waals surface area contributed by atoms with Crippen LogP contribution in [0.15, 0.2) is 121 Å². The summed E-state index contributed by atoms with van der Waals surface area (Å²) in [5.41, 5.74) is 3.48. The Kier molecular flexibility index (Phi) is 16.4. The van der Waals surface area contributed by atoms with Gasteiger partial charge >= 0.3 is 0 Å². The number of rotatable bonds is 18. The first-order valence-electron chi connectivity index (χ1n) is 20.6. The Morgan fingerprint density at radius 1 is 0.393 bits per heavy atom. The lowest BCUT2D eigenvalue weighted by Gasteiger charge is -2.50. The second kappa shape index (κ2) is 22.1. The van der Waals surface area contributed by atoms with Crippen molar-refractivity contribution in [3.05, 3.63) is 144 Å². The van der Waals surface area contributed by atoms with E-state index in [9.17, 15) is 30.6 Å². The molecule has 0 aromatic heterocycles. The van der Waals surface area contributed by atoms with Gasteiger partial charge in [0.05, 0.1) is 45.7 Å². The summed E-state index contributed by atoms with van der Waals surface area (Å²) < 4.78 is 57.5. The number of hydrogen-bond acceptors (Lipinski definition) is 15. The van der Waals surface area contributed by atoms with Gasteiger partial charge in [-0.2, -0.15) is 0 Å². The number of ether oxygens (including phenoxy) is 9. The van der Waals surface area contributed by atoms with Crippen molar-refractivity contribution in [3.63, 3.8) is 0 Å². The van der Waals surface area contributed by atoms with E-state index in [1.54, 1.807) is 0 Å². The standard InChI is InChI=1S/C46H56O15/c1-28-39(53-24-29-14-6-2-7-15-29)42(54-25-30-16-8-3-9-17-30)43(55-26-31-18-10-4-11-19-31)46(57-28)61-41-38(52)44(56-27-32-20-12-5-13-21-32)59-34(23-48)40(41)60-45-37(51)36(50)35(49)33(22-47)58-45/h2-21,28,33-52H,22-27H2,1H3/t28?,33?,34?,35-,36?,37?,38?,39+,40+,41?,42?,43?,44+,45-,46-/m0/s1. The predicted octanol–water partition coefficient (Wildman–Crippen LogP) is 2.35. The molecule has 0 aliphatic carbocycles. The van der Waals surface area contributed by atoms with Crippen molar-refractivity contribution in [1.29, 1.82) is 0 Å². The van der Waals surface area contributed by atoms with Crippen LogP contribution in [0.4, 0.5) is 0 Å². The highest BCUT2D eigenvalue weighted by atomic mass is 16.8. The van der Waals surface area contributed by atoms with Crippen LogP contribution in [0.25, 0.3) is 0 Å². The zero-order chi connectivity index (χ0) is 42.7. The highest BCUT2D eigenvalue weighted by Gasteiger charge is 2.55. The maximum atomic E-state index is 12.1. The second-order valence-corrected chi connectivity index (χ2v) is 15.4. The van der Waals surface area contributed by atoms with E-state index in [4.69, 9.17) is 42.6 Å². The van der Waals surface area contributed by atoms with Crippen molar-refractivity contribution < 1.29 is 73.3 Å². The molecule has 3 saturated heterocycles. The van der Waals surface area contributed by atoms with Gasteiger partial charge in [0.15, 0.2) is 18.9 Å². The molecule has 3 fully saturated rings. The van der Waals surface area contributed by atoms with E-state index in [-0.39, 0.29) is 26.4 Å². The molecule has 3 aliphatic heterocycles. The summed E-state index contributed by atoms with van der Waals surface area (Å²) in [4.78, 5) is 0. The van der Waals surface area contributed by atoms with E-state index < -0.39 is 105 Å². The van der Waals surface area contributed by atoms with Gasteiger partial charge in [-0.3, -0.25) is 0 Å². The van der Waals surface area contributed by atoms with Crippen molar-refractivity contribution in [2.24, 2.45) is 0 Å². The summed E-state index contributed by atoms with van der Waals surface area (Å²) in [6, 6.07) is 38.1. The molecule has 0 bridgehead atoms. The predicted molar refractivity (Wildman–Crippen MR) is 216 cm³/mol. The SMILES string of the molecule is CC1O[C@@H](OC2C(O)[C@H](OCc3ccccc3)OC(CO)[C@H]2O[C@@H]2OC(CO)[C@H](O)C(O)C2O)C(OCc2ccccc2)C(OCc2ccccc2)[C@@H]1OCc1ccccc1. The van der Waals surface area contributed by atoms with Gasteiger partial charge in [0.1, 0.15) is 67.1 Å². The molecule has 0 saturated carbocycles. The summed E-state index contributed by atoms with van der Waals surface area (Å²) in [5.74, 6) is 0. The Bertz CT molecular complexity index is 1840. The molecule has 15 atom stereocenters. The van der Waals surface area contributed by atoms with Gasteiger partial charge in [-0.15, -0.1) is 0 Å². The molecule has 330 valence electrons. The normalized spacial score (nSPS) is 34.2. The zero-order valence-corrected chi connectivity index (χ0v) is 33.8. The summed E-state index contributed by atoms with van der Waals surface area (Å²) in [5, 5.41) is 64.9. The molecule has 4 aromatic carbocycles. The first-order valence-corrected chi connectivity index (χ1v) is 20.6. The van der Waals surface area contributed by atoms with Gasteiger partial charge in [-0.05, 0) is 29.2 Å². The Balaban J connectivity index is 1.22. The number of hydrogen-bond donors (Lipinski definition) is 6. The van der Waals surface area contributed by atoms with Crippen LogP contribution in [-0.4, -0.2) is 136 Å². The molecule has 3 heterocycles. The molecule has 0 radical (unpaired) electrons. The fraction of sp³-hybridized carbons (Fsp3) is 0.478. The maximum Gasteiger partial charge on any atom is 0.187 e. The van der Waals surface area contributed by atoms with E-state index in [0.717, 1.165) is 22.3 Å². The fourth-order valence-electron chi connectivity index (χ4n) is 7.72. The third-order valence-electron chi connectivity index (χ3n) is 11.1. The van der Waals surface area contributed by atoms with Gasteiger partial charge in [0, 0.05) is 0 Å². The molecule has 15 nitrogen and oxygen atoms in total. The maximum absolute atomic E-state index is 12.1. The Morgan fingerprint density at radius 2 is 0.820 bits per heavy atom. The molecule has 15 heteroatoms. The molecular weight excluding hydrogens is 792 g/mol. The lowest BCUT2D eigenvalue weighted by molar-refractivity contribution is -0.391. The lowest BCUT2D eigenvalue weighted by atomic mass is 9.95. The van der Waals surface area contributed by atoms with Gasteiger partial charge in [-0.1, -0.05) is 121 Å². The number of benzene rings is 4. The Morgan fingerprint density at radius 3 is 1.31 bits per heavy atom. The molecule has 7 rings (SSSR count). The average Bonchev–Trinajstić information content (AvgIpc) is 3.29. The van der Waals surface area contributed by atoms with Crippen LogP contribution in [0.5, 0.6) is 0 Å². The third-order valence-corrected chi connectivity index (χ3v) is 11.1. The average molecular weight is 849 g/mol. The van der Waals surface area contributed by atoms with E-state index >= 15 is 0 Å². The van der Waals surface area contributed by atoms with E-state index in [2.05, 4.69) is 0 Å². The Hall–Kier alpha value is -3.72. The van der Waals surface area contributed by atoms with Crippen LogP contribution in [0.2, 0.25) is 0 Å². The van der Waals surface area contributed by atoms with Crippen LogP contribution in [0.1, 0.15) is 29.2 Å². The monoisotopic (exact) mass is 848 g/mol. The minimum Gasteiger partial charge on any atom is -0.394 e. The van der Waals surface area contributed by atoms with Crippen molar-refractivity contribution in [2.75, 3.05) is 13.2 Å². The van der Waals surface area contributed by atoms with Gasteiger partial charge in [0.2, 0.25) is 0 Å². The summed E-state index contributed by atoms with van der Waals surface area (Å²) in [6.07, 6.45) is -19.8. The lowest BCUT2D eigenvalue weighted by Crippen LogP contribution is -2.67. The molecule has 6 N–H and O–H groups in total. The van der Waals surface area contributed by atoms with E-state index in [1.165, 1.54) is 0 Å². The number of aliphatic hydroxyl groups is 6. The topological polar surface area (TPSA) is 204 Å².